The molecule has 1 aliphatic carbocycles. The minimum absolute atomic E-state index is 0.0621. The molecule has 5 heteroatoms. The van der Waals surface area contributed by atoms with E-state index in [4.69, 9.17) is 0 Å². The van der Waals surface area contributed by atoms with Crippen molar-refractivity contribution in [2.45, 2.75) is 33.1 Å². The van der Waals surface area contributed by atoms with Crippen molar-refractivity contribution >= 4 is 23.3 Å². The Bertz CT molecular complexity index is 577. The fourth-order valence-electron chi connectivity index (χ4n) is 2.16. The fraction of sp³-hybridized carbons (Fsp3) is 0.438. The Hall–Kier alpha value is -2.17. The molecule has 112 valence electrons. The maximum atomic E-state index is 12.3. The summed E-state index contributed by atoms with van der Waals surface area (Å²) in [5.74, 6) is -0.561. The molecule has 2 amide bonds. The molecule has 1 aromatic carbocycles. The number of Topliss-reactive ketones (excluding diaryl/α,β-unsaturated/α-hetero) is 1. The topological polar surface area (TPSA) is 75.3 Å². The third-order valence-corrected chi connectivity index (χ3v) is 3.68. The molecule has 2 N–H and O–H groups in total. The van der Waals surface area contributed by atoms with Crippen LogP contribution in [0.2, 0.25) is 0 Å². The molecule has 1 saturated carbocycles. The van der Waals surface area contributed by atoms with Crippen LogP contribution >= 0.6 is 0 Å². The first-order valence-electron chi connectivity index (χ1n) is 7.20. The molecule has 0 unspecified atom stereocenters. The summed E-state index contributed by atoms with van der Waals surface area (Å²) in [4.78, 5) is 35.7. The summed E-state index contributed by atoms with van der Waals surface area (Å²) < 4.78 is 0. The van der Waals surface area contributed by atoms with E-state index in [0.717, 1.165) is 6.42 Å². The number of nitrogens with one attached hydrogen (secondary N) is 2. The Morgan fingerprint density at radius 2 is 1.90 bits per heavy atom. The van der Waals surface area contributed by atoms with Gasteiger partial charge in [-0.3, -0.25) is 14.4 Å². The van der Waals surface area contributed by atoms with Gasteiger partial charge in [0, 0.05) is 17.8 Å². The smallest absolute Gasteiger partial charge is 0.240 e. The van der Waals surface area contributed by atoms with Gasteiger partial charge in [-0.1, -0.05) is 19.1 Å². The van der Waals surface area contributed by atoms with Gasteiger partial charge in [0.1, 0.15) is 5.41 Å². The predicted molar refractivity (Wildman–Crippen MR) is 80.0 cm³/mol. The molecule has 1 aromatic rings. The van der Waals surface area contributed by atoms with E-state index < -0.39 is 5.41 Å². The quantitative estimate of drug-likeness (QED) is 0.622. The number of benzene rings is 1. The van der Waals surface area contributed by atoms with E-state index in [9.17, 15) is 14.4 Å². The van der Waals surface area contributed by atoms with Crippen molar-refractivity contribution in [3.8, 4) is 0 Å². The zero-order valence-corrected chi connectivity index (χ0v) is 12.4. The molecule has 0 aliphatic heterocycles. The second-order valence-electron chi connectivity index (χ2n) is 5.43. The van der Waals surface area contributed by atoms with Gasteiger partial charge in [-0.25, -0.2) is 0 Å². The minimum Gasteiger partial charge on any atom is -0.355 e. The highest BCUT2D eigenvalue weighted by atomic mass is 16.2. The molecule has 0 bridgehead atoms. The molecule has 5 nitrogen and oxygen atoms in total. The third-order valence-electron chi connectivity index (χ3n) is 3.68. The summed E-state index contributed by atoms with van der Waals surface area (Å²) >= 11 is 0. The van der Waals surface area contributed by atoms with Crippen LogP contribution in [0.5, 0.6) is 0 Å². The highest BCUT2D eigenvalue weighted by Crippen LogP contribution is 2.46. The molecule has 0 heterocycles. The Morgan fingerprint density at radius 1 is 1.19 bits per heavy atom. The standard InChI is InChI=1S/C16H20N2O3/c1-3-9-17-14(20)16(7-8-16)15(21)18-13-6-4-5-12(10-13)11(2)19/h4-6,10H,3,7-9H2,1-2H3,(H,17,20)(H,18,21). The van der Waals surface area contributed by atoms with E-state index in [2.05, 4.69) is 10.6 Å². The normalized spacial score (nSPS) is 15.1. The number of carbonyl (C=O) groups excluding carboxylic acids is 3. The van der Waals surface area contributed by atoms with E-state index in [0.29, 0.717) is 30.6 Å². The Kier molecular flexibility index (Phi) is 4.40. The lowest BCUT2D eigenvalue weighted by Gasteiger charge is -2.15. The molecule has 0 aromatic heterocycles. The van der Waals surface area contributed by atoms with Gasteiger partial charge in [-0.05, 0) is 38.3 Å². The molecular formula is C16H20N2O3. The summed E-state index contributed by atoms with van der Waals surface area (Å²) in [6, 6.07) is 6.74. The summed E-state index contributed by atoms with van der Waals surface area (Å²) in [6.45, 7) is 4.02. The maximum absolute atomic E-state index is 12.3. The number of carbonyl (C=O) groups is 3. The SMILES string of the molecule is CCCNC(=O)C1(C(=O)Nc2cccc(C(C)=O)c2)CC1. The molecule has 0 atom stereocenters. The Labute approximate surface area is 124 Å². The van der Waals surface area contributed by atoms with Gasteiger partial charge in [0.15, 0.2) is 5.78 Å². The van der Waals surface area contributed by atoms with Crippen LogP contribution in [0, 0.1) is 5.41 Å². The first-order chi connectivity index (χ1) is 9.99. The van der Waals surface area contributed by atoms with E-state index >= 15 is 0 Å². The second kappa shape index (κ2) is 6.08. The van der Waals surface area contributed by atoms with Gasteiger partial charge < -0.3 is 10.6 Å². The van der Waals surface area contributed by atoms with Gasteiger partial charge in [-0.15, -0.1) is 0 Å². The van der Waals surface area contributed by atoms with Gasteiger partial charge in [0.2, 0.25) is 11.8 Å². The lowest BCUT2D eigenvalue weighted by Crippen LogP contribution is -2.40. The van der Waals surface area contributed by atoms with Crippen molar-refractivity contribution in [1.82, 2.24) is 5.32 Å². The van der Waals surface area contributed by atoms with Crippen molar-refractivity contribution < 1.29 is 14.4 Å². The summed E-state index contributed by atoms with van der Waals surface area (Å²) in [7, 11) is 0. The first kappa shape index (κ1) is 15.2. The molecule has 0 saturated heterocycles. The van der Waals surface area contributed by atoms with Crippen LogP contribution < -0.4 is 10.6 Å². The number of rotatable bonds is 6. The maximum Gasteiger partial charge on any atom is 0.240 e. The highest BCUT2D eigenvalue weighted by molar-refractivity contribution is 6.13. The number of hydrogen-bond donors (Lipinski definition) is 2. The zero-order chi connectivity index (χ0) is 15.5. The van der Waals surface area contributed by atoms with Crippen molar-refractivity contribution in [2.24, 2.45) is 5.41 Å². The van der Waals surface area contributed by atoms with Crippen molar-refractivity contribution in [1.29, 1.82) is 0 Å². The third kappa shape index (κ3) is 3.29. The lowest BCUT2D eigenvalue weighted by molar-refractivity contribution is -0.134. The average molecular weight is 288 g/mol. The van der Waals surface area contributed by atoms with Crippen molar-refractivity contribution in [3.63, 3.8) is 0 Å². The minimum atomic E-state index is -0.929. The van der Waals surface area contributed by atoms with Crippen LogP contribution in [0.4, 0.5) is 5.69 Å². The summed E-state index contributed by atoms with van der Waals surface area (Å²) in [5.41, 5.74) is 0.150. The molecule has 21 heavy (non-hydrogen) atoms. The van der Waals surface area contributed by atoms with Gasteiger partial charge >= 0.3 is 0 Å². The second-order valence-corrected chi connectivity index (χ2v) is 5.43. The van der Waals surface area contributed by atoms with Crippen LogP contribution in [-0.2, 0) is 9.59 Å². The average Bonchev–Trinajstić information content (AvgIpc) is 3.26. The highest BCUT2D eigenvalue weighted by Gasteiger charge is 2.56. The van der Waals surface area contributed by atoms with Gasteiger partial charge in [-0.2, -0.15) is 0 Å². The lowest BCUT2D eigenvalue weighted by atomic mass is 10.0. The van der Waals surface area contributed by atoms with E-state index in [1.807, 2.05) is 6.92 Å². The molecule has 2 rings (SSSR count). The Morgan fingerprint density at radius 3 is 2.48 bits per heavy atom. The number of amides is 2. The number of hydrogen-bond acceptors (Lipinski definition) is 3. The van der Waals surface area contributed by atoms with Crippen molar-refractivity contribution in [2.75, 3.05) is 11.9 Å². The zero-order valence-electron chi connectivity index (χ0n) is 12.4. The molecular weight excluding hydrogens is 268 g/mol. The number of anilines is 1. The van der Waals surface area contributed by atoms with Crippen molar-refractivity contribution in [3.05, 3.63) is 29.8 Å². The monoisotopic (exact) mass is 288 g/mol. The molecule has 1 aliphatic rings. The molecule has 1 fully saturated rings. The molecule has 0 radical (unpaired) electrons. The van der Waals surface area contributed by atoms with Gasteiger partial charge in [0.25, 0.3) is 0 Å². The van der Waals surface area contributed by atoms with E-state index in [1.54, 1.807) is 24.3 Å². The Balaban J connectivity index is 2.06. The summed E-state index contributed by atoms with van der Waals surface area (Å²) in [6.07, 6.45) is 1.98. The van der Waals surface area contributed by atoms with Crippen LogP contribution in [0.1, 0.15) is 43.5 Å². The predicted octanol–water partition coefficient (Wildman–Crippen LogP) is 2.13. The van der Waals surface area contributed by atoms with Crippen LogP contribution in [-0.4, -0.2) is 24.1 Å². The molecule has 0 spiro atoms. The van der Waals surface area contributed by atoms with Crippen LogP contribution in [0.15, 0.2) is 24.3 Å². The van der Waals surface area contributed by atoms with E-state index in [-0.39, 0.29) is 17.6 Å². The largest absolute Gasteiger partial charge is 0.355 e. The van der Waals surface area contributed by atoms with Crippen LogP contribution in [0.25, 0.3) is 0 Å². The summed E-state index contributed by atoms with van der Waals surface area (Å²) in [5, 5.41) is 5.52. The first-order valence-corrected chi connectivity index (χ1v) is 7.20. The fourth-order valence-corrected chi connectivity index (χ4v) is 2.16. The van der Waals surface area contributed by atoms with E-state index in [1.165, 1.54) is 6.92 Å². The number of ketones is 1. The van der Waals surface area contributed by atoms with Gasteiger partial charge in [0.05, 0.1) is 0 Å². The van der Waals surface area contributed by atoms with Crippen LogP contribution in [0.3, 0.4) is 0 Å².